The fraction of sp³-hybridized carbons (Fsp3) is 0.586. The maximum Gasteiger partial charge on any atom is 0.341 e. The maximum atomic E-state index is 12.7. The first kappa shape index (κ1) is 27.3. The highest BCUT2D eigenvalue weighted by atomic mass is 32.1. The molecule has 35 heavy (non-hydrogen) atoms. The molecule has 192 valence electrons. The van der Waals surface area contributed by atoms with Crippen molar-refractivity contribution in [2.45, 2.75) is 85.5 Å². The van der Waals surface area contributed by atoms with Gasteiger partial charge in [-0.1, -0.05) is 53.7 Å². The molecule has 0 saturated heterocycles. The van der Waals surface area contributed by atoms with Crippen molar-refractivity contribution in [1.29, 1.82) is 0 Å². The third-order valence-corrected chi connectivity index (χ3v) is 8.64. The van der Waals surface area contributed by atoms with Crippen LogP contribution in [0.3, 0.4) is 0 Å². The summed E-state index contributed by atoms with van der Waals surface area (Å²) >= 11 is 1.53. The van der Waals surface area contributed by atoms with Gasteiger partial charge in [0.2, 0.25) is 5.91 Å². The summed E-state index contributed by atoms with van der Waals surface area (Å²) in [6, 6.07) is 8.22. The quantitative estimate of drug-likeness (QED) is 0.293. The standard InChI is InChI=1S/C29H41NO4S/c1-8-29(5,6)19-11-14-21(15-12-19)34-17-9-10-24(31)30-26-25(27(32)33-7)22-16-13-20(28(2,3)4)18-23(22)35-26/h11-12,14-15,20H,8-10,13,16-18H2,1-7H3,(H,30,31). The number of esters is 1. The number of thiophene rings is 1. The molecule has 1 unspecified atom stereocenters. The lowest BCUT2D eigenvalue weighted by Crippen LogP contribution is -2.26. The fourth-order valence-electron chi connectivity index (χ4n) is 4.55. The van der Waals surface area contributed by atoms with Gasteiger partial charge >= 0.3 is 5.97 Å². The normalized spacial score (nSPS) is 15.9. The summed E-state index contributed by atoms with van der Waals surface area (Å²) in [4.78, 5) is 26.5. The molecule has 0 bridgehead atoms. The second kappa shape index (κ2) is 11.2. The molecule has 1 atom stereocenters. The molecule has 0 radical (unpaired) electrons. The van der Waals surface area contributed by atoms with E-state index in [9.17, 15) is 9.59 Å². The average molecular weight is 500 g/mol. The van der Waals surface area contributed by atoms with E-state index in [1.165, 1.54) is 28.9 Å². The number of fused-ring (bicyclic) bond motifs is 1. The van der Waals surface area contributed by atoms with Gasteiger partial charge in [0.15, 0.2) is 0 Å². The van der Waals surface area contributed by atoms with Crippen molar-refractivity contribution in [3.8, 4) is 5.75 Å². The summed E-state index contributed by atoms with van der Waals surface area (Å²) in [5, 5.41) is 3.61. The number of carbonyl (C=O) groups excluding carboxylic acids is 2. The molecule has 3 rings (SSSR count). The van der Waals surface area contributed by atoms with E-state index in [4.69, 9.17) is 9.47 Å². The summed E-state index contributed by atoms with van der Waals surface area (Å²) in [5.41, 5.74) is 3.24. The second-order valence-corrected chi connectivity index (χ2v) is 12.4. The summed E-state index contributed by atoms with van der Waals surface area (Å²) < 4.78 is 10.9. The lowest BCUT2D eigenvalue weighted by Gasteiger charge is -2.33. The zero-order valence-corrected chi connectivity index (χ0v) is 23.2. The number of ether oxygens (including phenoxy) is 2. The Bertz CT molecular complexity index is 1030. The van der Waals surface area contributed by atoms with Crippen molar-refractivity contribution < 1.29 is 19.1 Å². The van der Waals surface area contributed by atoms with E-state index in [1.54, 1.807) is 0 Å². The van der Waals surface area contributed by atoms with Gasteiger partial charge in [0.1, 0.15) is 10.8 Å². The molecule has 1 N–H and O–H groups in total. The Morgan fingerprint density at radius 1 is 1.11 bits per heavy atom. The highest BCUT2D eigenvalue weighted by molar-refractivity contribution is 7.17. The van der Waals surface area contributed by atoms with E-state index in [0.717, 1.165) is 37.0 Å². The van der Waals surface area contributed by atoms with E-state index in [2.05, 4.69) is 59.0 Å². The van der Waals surface area contributed by atoms with E-state index >= 15 is 0 Å². The first-order chi connectivity index (χ1) is 16.5. The van der Waals surface area contributed by atoms with Crippen molar-refractivity contribution in [2.24, 2.45) is 11.3 Å². The van der Waals surface area contributed by atoms with E-state index in [-0.39, 0.29) is 22.7 Å². The molecule has 0 saturated carbocycles. The smallest absolute Gasteiger partial charge is 0.341 e. The Morgan fingerprint density at radius 3 is 2.40 bits per heavy atom. The molecule has 1 heterocycles. The van der Waals surface area contributed by atoms with Crippen LogP contribution in [0.1, 0.15) is 93.6 Å². The van der Waals surface area contributed by atoms with Gasteiger partial charge in [-0.15, -0.1) is 11.3 Å². The first-order valence-corrected chi connectivity index (χ1v) is 13.5. The number of anilines is 1. The van der Waals surface area contributed by atoms with Gasteiger partial charge in [-0.25, -0.2) is 4.79 Å². The molecule has 1 amide bonds. The van der Waals surface area contributed by atoms with E-state index in [0.29, 0.717) is 35.9 Å². The lowest BCUT2D eigenvalue weighted by atomic mass is 9.72. The van der Waals surface area contributed by atoms with Crippen LogP contribution in [-0.4, -0.2) is 25.6 Å². The number of hydrogen-bond donors (Lipinski definition) is 1. The zero-order valence-electron chi connectivity index (χ0n) is 22.4. The summed E-state index contributed by atoms with van der Waals surface area (Å²) in [6.45, 7) is 13.9. The Morgan fingerprint density at radius 2 is 1.80 bits per heavy atom. The largest absolute Gasteiger partial charge is 0.494 e. The van der Waals surface area contributed by atoms with Crippen LogP contribution < -0.4 is 10.1 Å². The highest BCUT2D eigenvalue weighted by Crippen LogP contribution is 2.44. The van der Waals surface area contributed by atoms with Gasteiger partial charge in [0.05, 0.1) is 19.3 Å². The minimum atomic E-state index is -0.370. The minimum absolute atomic E-state index is 0.107. The SMILES string of the molecule is CCC(C)(C)c1ccc(OCCCC(=O)Nc2sc3c(c2C(=O)OC)CCC(C(C)(C)C)C3)cc1. The molecule has 1 aromatic carbocycles. The van der Waals surface area contributed by atoms with Gasteiger partial charge < -0.3 is 14.8 Å². The van der Waals surface area contributed by atoms with Crippen LogP contribution in [0.4, 0.5) is 5.00 Å². The van der Waals surface area contributed by atoms with Gasteiger partial charge in [-0.2, -0.15) is 0 Å². The van der Waals surface area contributed by atoms with Crippen LogP contribution in [0.15, 0.2) is 24.3 Å². The first-order valence-electron chi connectivity index (χ1n) is 12.7. The van der Waals surface area contributed by atoms with Crippen LogP contribution in [-0.2, 0) is 27.8 Å². The van der Waals surface area contributed by atoms with Crippen molar-refractivity contribution in [1.82, 2.24) is 0 Å². The number of carbonyl (C=O) groups is 2. The van der Waals surface area contributed by atoms with Crippen molar-refractivity contribution in [3.05, 3.63) is 45.8 Å². The molecule has 0 aliphatic heterocycles. The van der Waals surface area contributed by atoms with Crippen LogP contribution in [0, 0.1) is 11.3 Å². The molecular formula is C29H41NO4S. The predicted molar refractivity (Wildman–Crippen MR) is 144 cm³/mol. The minimum Gasteiger partial charge on any atom is -0.494 e. The predicted octanol–water partition coefficient (Wildman–Crippen LogP) is 7.17. The molecule has 1 aromatic heterocycles. The molecule has 5 nitrogen and oxygen atoms in total. The topological polar surface area (TPSA) is 64.6 Å². The summed E-state index contributed by atoms with van der Waals surface area (Å²) in [6.07, 6.45) is 4.82. The van der Waals surface area contributed by atoms with Crippen molar-refractivity contribution in [2.75, 3.05) is 19.0 Å². The molecule has 1 aliphatic rings. The Kier molecular flexibility index (Phi) is 8.68. The Balaban J connectivity index is 1.57. The number of methoxy groups -OCH3 is 1. The third kappa shape index (κ3) is 6.66. The molecule has 0 spiro atoms. The molecule has 0 fully saturated rings. The molecule has 2 aromatic rings. The van der Waals surface area contributed by atoms with Crippen LogP contribution in [0.25, 0.3) is 0 Å². The van der Waals surface area contributed by atoms with Gasteiger partial charge in [0.25, 0.3) is 0 Å². The monoisotopic (exact) mass is 499 g/mol. The zero-order chi connectivity index (χ0) is 25.8. The number of amides is 1. The molecule has 1 aliphatic carbocycles. The number of rotatable bonds is 9. The molecular weight excluding hydrogens is 458 g/mol. The average Bonchev–Trinajstić information content (AvgIpc) is 3.18. The third-order valence-electron chi connectivity index (χ3n) is 7.47. The maximum absolute atomic E-state index is 12.7. The van der Waals surface area contributed by atoms with Gasteiger partial charge in [-0.05, 0) is 72.1 Å². The summed E-state index contributed by atoms with van der Waals surface area (Å²) in [5.74, 6) is 0.894. The number of hydrogen-bond acceptors (Lipinski definition) is 5. The van der Waals surface area contributed by atoms with Gasteiger partial charge in [-0.3, -0.25) is 4.79 Å². The van der Waals surface area contributed by atoms with Crippen LogP contribution >= 0.6 is 11.3 Å². The second-order valence-electron chi connectivity index (χ2n) is 11.3. The van der Waals surface area contributed by atoms with Crippen molar-refractivity contribution >= 4 is 28.2 Å². The van der Waals surface area contributed by atoms with Crippen molar-refractivity contribution in [3.63, 3.8) is 0 Å². The van der Waals surface area contributed by atoms with Crippen LogP contribution in [0.5, 0.6) is 5.75 Å². The Labute approximate surface area is 214 Å². The molecule has 6 heteroatoms. The van der Waals surface area contributed by atoms with E-state index in [1.807, 2.05) is 12.1 Å². The summed E-state index contributed by atoms with van der Waals surface area (Å²) in [7, 11) is 1.39. The Hall–Kier alpha value is -2.34. The highest BCUT2D eigenvalue weighted by Gasteiger charge is 2.34. The number of benzene rings is 1. The fourth-order valence-corrected chi connectivity index (χ4v) is 5.88. The van der Waals surface area contributed by atoms with E-state index < -0.39 is 0 Å². The van der Waals surface area contributed by atoms with Crippen LogP contribution in [0.2, 0.25) is 0 Å². The lowest BCUT2D eigenvalue weighted by molar-refractivity contribution is -0.116. The number of nitrogens with one attached hydrogen (secondary N) is 1. The van der Waals surface area contributed by atoms with Gasteiger partial charge in [0, 0.05) is 11.3 Å².